The molecular weight excluding hydrogens is 358 g/mol. The molecule has 2 aromatic carbocycles. The molecule has 0 amide bonds. The first-order valence-electron chi connectivity index (χ1n) is 8.45. The minimum Gasteiger partial charge on any atom is -0.264 e. The second kappa shape index (κ2) is 7.51. The number of benzene rings is 2. The van der Waals surface area contributed by atoms with E-state index in [1.54, 1.807) is 12.4 Å². The van der Waals surface area contributed by atoms with Gasteiger partial charge in [-0.2, -0.15) is 5.10 Å². The molecule has 0 fully saturated rings. The summed E-state index contributed by atoms with van der Waals surface area (Å²) in [7, 11) is 0. The van der Waals surface area contributed by atoms with Crippen LogP contribution in [-0.2, 0) is 0 Å². The van der Waals surface area contributed by atoms with Gasteiger partial charge in [-0.3, -0.25) is 10.4 Å². The second-order valence-electron chi connectivity index (χ2n) is 5.94. The van der Waals surface area contributed by atoms with Crippen molar-refractivity contribution in [2.24, 2.45) is 5.10 Å². The molecular formula is C21H16ClN5. The van der Waals surface area contributed by atoms with E-state index in [0.29, 0.717) is 16.7 Å². The largest absolute Gasteiger partial charge is 0.264 e. The lowest BCUT2D eigenvalue weighted by atomic mass is 10.2. The number of anilines is 1. The molecule has 0 spiro atoms. The number of hydrazone groups is 1. The maximum absolute atomic E-state index is 6.33. The molecule has 4 aromatic rings. The summed E-state index contributed by atoms with van der Waals surface area (Å²) in [5.41, 5.74) is 6.43. The molecule has 0 bridgehead atoms. The van der Waals surface area contributed by atoms with Crippen LogP contribution in [0, 0.1) is 0 Å². The number of nitrogens with zero attached hydrogens (tertiary/aromatic N) is 4. The highest BCUT2D eigenvalue weighted by molar-refractivity contribution is 6.33. The molecule has 0 atom stereocenters. The highest BCUT2D eigenvalue weighted by Gasteiger charge is 2.11. The molecule has 5 nitrogen and oxygen atoms in total. The summed E-state index contributed by atoms with van der Waals surface area (Å²) in [5, 5.41) is 5.97. The van der Waals surface area contributed by atoms with Crippen LogP contribution in [0.25, 0.3) is 22.3 Å². The summed E-state index contributed by atoms with van der Waals surface area (Å²) < 4.78 is 0. The third-order valence-electron chi connectivity index (χ3n) is 4.13. The molecule has 0 saturated carbocycles. The lowest BCUT2D eigenvalue weighted by Crippen LogP contribution is -2.03. The Hall–Kier alpha value is -3.31. The number of fused-ring (bicyclic) bond motifs is 1. The van der Waals surface area contributed by atoms with Crippen LogP contribution in [0.15, 0.2) is 78.2 Å². The van der Waals surface area contributed by atoms with E-state index in [1.165, 1.54) is 0 Å². The SMILES string of the molecule is C/C(=N/Nc1nc(-c2ccccc2Cl)nc2ccccc12)c1cccnc1. The molecule has 132 valence electrons. The number of para-hydroxylation sites is 1. The van der Waals surface area contributed by atoms with Crippen molar-refractivity contribution in [2.45, 2.75) is 6.92 Å². The first-order valence-corrected chi connectivity index (χ1v) is 8.82. The van der Waals surface area contributed by atoms with E-state index < -0.39 is 0 Å². The quantitative estimate of drug-likeness (QED) is 0.395. The van der Waals surface area contributed by atoms with Crippen molar-refractivity contribution in [3.05, 3.63) is 83.6 Å². The fourth-order valence-electron chi connectivity index (χ4n) is 2.70. The highest BCUT2D eigenvalue weighted by Crippen LogP contribution is 2.29. The van der Waals surface area contributed by atoms with Crippen molar-refractivity contribution in [1.82, 2.24) is 15.0 Å². The van der Waals surface area contributed by atoms with Crippen LogP contribution < -0.4 is 5.43 Å². The monoisotopic (exact) mass is 373 g/mol. The van der Waals surface area contributed by atoms with Gasteiger partial charge in [0, 0.05) is 28.9 Å². The van der Waals surface area contributed by atoms with E-state index in [1.807, 2.05) is 67.6 Å². The normalized spacial score (nSPS) is 11.6. The maximum atomic E-state index is 6.33. The van der Waals surface area contributed by atoms with E-state index in [-0.39, 0.29) is 0 Å². The lowest BCUT2D eigenvalue weighted by molar-refractivity contribution is 1.18. The van der Waals surface area contributed by atoms with Crippen molar-refractivity contribution >= 4 is 34.0 Å². The third-order valence-corrected chi connectivity index (χ3v) is 4.46. The highest BCUT2D eigenvalue weighted by atomic mass is 35.5. The zero-order valence-corrected chi connectivity index (χ0v) is 15.4. The van der Waals surface area contributed by atoms with Crippen molar-refractivity contribution < 1.29 is 0 Å². The summed E-state index contributed by atoms with van der Waals surface area (Å²) in [6.07, 6.45) is 3.51. The van der Waals surface area contributed by atoms with Crippen LogP contribution in [0.1, 0.15) is 12.5 Å². The Labute approximate surface area is 161 Å². The standard InChI is InChI=1S/C21H16ClN5/c1-14(15-7-6-12-23-13-15)26-27-21-17-9-3-5-11-19(17)24-20(25-21)16-8-2-4-10-18(16)22/h2-13H,1H3,(H,24,25,27)/b26-14-. The average molecular weight is 374 g/mol. The molecule has 0 aliphatic carbocycles. The van der Waals surface area contributed by atoms with Crippen molar-refractivity contribution in [2.75, 3.05) is 5.43 Å². The first-order chi connectivity index (χ1) is 13.2. The predicted octanol–water partition coefficient (Wildman–Crippen LogP) is 5.18. The van der Waals surface area contributed by atoms with E-state index >= 15 is 0 Å². The topological polar surface area (TPSA) is 63.1 Å². The molecule has 0 unspecified atom stereocenters. The fraction of sp³-hybridized carbons (Fsp3) is 0.0476. The molecule has 0 radical (unpaired) electrons. The Bertz CT molecular complexity index is 1130. The number of nitrogens with one attached hydrogen (secondary N) is 1. The van der Waals surface area contributed by atoms with Crippen LogP contribution in [0.5, 0.6) is 0 Å². The average Bonchev–Trinajstić information content (AvgIpc) is 2.72. The van der Waals surface area contributed by atoms with E-state index in [2.05, 4.69) is 25.5 Å². The molecule has 0 aliphatic heterocycles. The van der Waals surface area contributed by atoms with Crippen LogP contribution in [-0.4, -0.2) is 20.7 Å². The van der Waals surface area contributed by atoms with Crippen molar-refractivity contribution in [3.8, 4) is 11.4 Å². The number of rotatable bonds is 4. The molecule has 0 aliphatic rings. The molecule has 27 heavy (non-hydrogen) atoms. The Morgan fingerprint density at radius 3 is 2.59 bits per heavy atom. The molecule has 4 rings (SSSR count). The van der Waals surface area contributed by atoms with Gasteiger partial charge in [-0.1, -0.05) is 41.9 Å². The van der Waals surface area contributed by atoms with Gasteiger partial charge in [-0.15, -0.1) is 0 Å². The summed E-state index contributed by atoms with van der Waals surface area (Å²) in [6, 6.07) is 19.2. The van der Waals surface area contributed by atoms with Gasteiger partial charge in [0.2, 0.25) is 0 Å². The van der Waals surface area contributed by atoms with Crippen LogP contribution >= 0.6 is 11.6 Å². The van der Waals surface area contributed by atoms with E-state index in [9.17, 15) is 0 Å². The summed E-state index contributed by atoms with van der Waals surface area (Å²) in [6.45, 7) is 1.92. The van der Waals surface area contributed by atoms with Gasteiger partial charge in [-0.05, 0) is 37.3 Å². The maximum Gasteiger partial charge on any atom is 0.163 e. The minimum absolute atomic E-state index is 0.552. The summed E-state index contributed by atoms with van der Waals surface area (Å²) in [4.78, 5) is 13.5. The first kappa shape index (κ1) is 17.1. The Kier molecular flexibility index (Phi) is 4.77. The zero-order valence-electron chi connectivity index (χ0n) is 14.6. The smallest absolute Gasteiger partial charge is 0.163 e. The molecule has 2 heterocycles. The molecule has 1 N–H and O–H groups in total. The van der Waals surface area contributed by atoms with Crippen molar-refractivity contribution in [3.63, 3.8) is 0 Å². The van der Waals surface area contributed by atoms with Crippen LogP contribution in [0.4, 0.5) is 5.82 Å². The number of aromatic nitrogens is 3. The van der Waals surface area contributed by atoms with Gasteiger partial charge < -0.3 is 0 Å². The van der Waals surface area contributed by atoms with Crippen LogP contribution in [0.3, 0.4) is 0 Å². The lowest BCUT2D eigenvalue weighted by Gasteiger charge is -2.10. The van der Waals surface area contributed by atoms with Gasteiger partial charge in [-0.25, -0.2) is 9.97 Å². The van der Waals surface area contributed by atoms with E-state index in [0.717, 1.165) is 27.7 Å². The number of hydrogen-bond acceptors (Lipinski definition) is 5. The van der Waals surface area contributed by atoms with E-state index in [4.69, 9.17) is 11.6 Å². The summed E-state index contributed by atoms with van der Waals surface area (Å²) >= 11 is 6.33. The van der Waals surface area contributed by atoms with Crippen molar-refractivity contribution in [1.29, 1.82) is 0 Å². The second-order valence-corrected chi connectivity index (χ2v) is 6.35. The Balaban J connectivity index is 1.79. The van der Waals surface area contributed by atoms with Gasteiger partial charge in [0.15, 0.2) is 11.6 Å². The van der Waals surface area contributed by atoms with Gasteiger partial charge in [0.1, 0.15) is 0 Å². The fourth-order valence-corrected chi connectivity index (χ4v) is 2.92. The molecule has 0 saturated heterocycles. The number of pyridine rings is 1. The third kappa shape index (κ3) is 3.64. The minimum atomic E-state index is 0.552. The summed E-state index contributed by atoms with van der Waals surface area (Å²) in [5.74, 6) is 1.18. The Morgan fingerprint density at radius 1 is 0.963 bits per heavy atom. The Morgan fingerprint density at radius 2 is 1.78 bits per heavy atom. The van der Waals surface area contributed by atoms with Gasteiger partial charge in [0.05, 0.1) is 16.3 Å². The molecule has 2 aromatic heterocycles. The van der Waals surface area contributed by atoms with Gasteiger partial charge in [0.25, 0.3) is 0 Å². The van der Waals surface area contributed by atoms with Crippen LogP contribution in [0.2, 0.25) is 5.02 Å². The number of halogens is 1. The molecule has 6 heteroatoms. The number of hydrogen-bond donors (Lipinski definition) is 1. The predicted molar refractivity (Wildman–Crippen MR) is 110 cm³/mol. The zero-order chi connectivity index (χ0) is 18.6. The van der Waals surface area contributed by atoms with Gasteiger partial charge >= 0.3 is 0 Å².